The number of hydrogen-bond acceptors (Lipinski definition) is 5. The number of hydrogen-bond donors (Lipinski definition) is 0. The van der Waals surface area contributed by atoms with Crippen molar-refractivity contribution in [2.75, 3.05) is 34.4 Å². The molecule has 2 atom stereocenters. The molecule has 1 saturated heterocycles. The lowest BCUT2D eigenvalue weighted by Gasteiger charge is -2.31. The molecular formula is C15H18N2O4. The first-order valence-corrected chi connectivity index (χ1v) is 6.74. The van der Waals surface area contributed by atoms with Crippen LogP contribution in [0.15, 0.2) is 40.6 Å². The molecule has 1 aliphatic carbocycles. The molecular weight excluding hydrogens is 272 g/mol. The molecule has 0 aromatic rings. The van der Waals surface area contributed by atoms with Crippen molar-refractivity contribution in [3.8, 4) is 0 Å². The zero-order valence-corrected chi connectivity index (χ0v) is 12.3. The van der Waals surface area contributed by atoms with Crippen molar-refractivity contribution in [2.24, 2.45) is 10.9 Å². The molecule has 0 saturated carbocycles. The van der Waals surface area contributed by atoms with E-state index in [1.54, 1.807) is 19.1 Å². The number of carbonyl (C=O) groups excluding carboxylic acids is 1. The molecule has 0 N–H and O–H groups in total. The third kappa shape index (κ3) is 2.15. The van der Waals surface area contributed by atoms with E-state index >= 15 is 0 Å². The van der Waals surface area contributed by atoms with E-state index in [2.05, 4.69) is 6.08 Å². The summed E-state index contributed by atoms with van der Waals surface area (Å²) >= 11 is 0. The van der Waals surface area contributed by atoms with Gasteiger partial charge in [0.1, 0.15) is 5.76 Å². The second kappa shape index (κ2) is 5.04. The summed E-state index contributed by atoms with van der Waals surface area (Å²) in [5.74, 6) is 0.865. The Hall–Kier alpha value is -2.08. The number of aliphatic imine (C=N–C) groups is 1. The van der Waals surface area contributed by atoms with Crippen molar-refractivity contribution in [1.29, 1.82) is 0 Å². The average molecular weight is 290 g/mol. The lowest BCUT2D eigenvalue weighted by Crippen LogP contribution is -2.40. The van der Waals surface area contributed by atoms with Crippen LogP contribution >= 0.6 is 0 Å². The maximum Gasteiger partial charge on any atom is 0.409 e. The van der Waals surface area contributed by atoms with E-state index in [-0.39, 0.29) is 12.0 Å². The average Bonchev–Trinajstić information content (AvgIpc) is 2.90. The smallest absolute Gasteiger partial charge is 0.409 e. The molecule has 3 rings (SSSR count). The van der Waals surface area contributed by atoms with Gasteiger partial charge in [0.2, 0.25) is 0 Å². The SMILES string of the molecule is COC(=O)N1CC2=CC3C=C(OC)C=CC3=NC2(OC)C1. The summed E-state index contributed by atoms with van der Waals surface area (Å²) in [5.41, 5.74) is 1.10. The summed E-state index contributed by atoms with van der Waals surface area (Å²) in [7, 11) is 4.63. The lowest BCUT2D eigenvalue weighted by atomic mass is 9.89. The Morgan fingerprint density at radius 1 is 1.33 bits per heavy atom. The van der Waals surface area contributed by atoms with E-state index in [9.17, 15) is 4.79 Å². The molecule has 6 heteroatoms. The first-order valence-electron chi connectivity index (χ1n) is 6.74. The Morgan fingerprint density at radius 2 is 2.14 bits per heavy atom. The predicted molar refractivity (Wildman–Crippen MR) is 77.0 cm³/mol. The van der Waals surface area contributed by atoms with Crippen molar-refractivity contribution < 1.29 is 19.0 Å². The van der Waals surface area contributed by atoms with Crippen LogP contribution in [0.25, 0.3) is 0 Å². The minimum atomic E-state index is -0.789. The zero-order valence-electron chi connectivity index (χ0n) is 12.3. The summed E-state index contributed by atoms with van der Waals surface area (Å²) in [6.45, 7) is 0.834. The number of fused-ring (bicyclic) bond motifs is 2. The van der Waals surface area contributed by atoms with Gasteiger partial charge in [-0.3, -0.25) is 4.90 Å². The van der Waals surface area contributed by atoms with Gasteiger partial charge in [-0.1, -0.05) is 6.08 Å². The van der Waals surface area contributed by atoms with Crippen molar-refractivity contribution in [1.82, 2.24) is 4.90 Å². The molecule has 21 heavy (non-hydrogen) atoms. The molecule has 0 aromatic carbocycles. The summed E-state index contributed by atoms with van der Waals surface area (Å²) in [4.78, 5) is 18.1. The van der Waals surface area contributed by atoms with E-state index in [0.29, 0.717) is 13.1 Å². The quantitative estimate of drug-likeness (QED) is 0.723. The van der Waals surface area contributed by atoms with Gasteiger partial charge in [-0.15, -0.1) is 0 Å². The van der Waals surface area contributed by atoms with Gasteiger partial charge in [-0.2, -0.15) is 0 Å². The fourth-order valence-electron chi connectivity index (χ4n) is 2.94. The standard InChI is InChI=1S/C15H18N2O4/c1-19-12-4-5-13-10(7-12)6-11-8-17(14(18)20-2)9-15(11,16-13)21-3/h4-7,10H,8-9H2,1-3H3. The van der Waals surface area contributed by atoms with Crippen LogP contribution in [0.3, 0.4) is 0 Å². The highest BCUT2D eigenvalue weighted by atomic mass is 16.5. The minimum Gasteiger partial charge on any atom is -0.497 e. The third-order valence-electron chi connectivity index (χ3n) is 4.07. The first-order chi connectivity index (χ1) is 10.1. The molecule has 1 fully saturated rings. The lowest BCUT2D eigenvalue weighted by molar-refractivity contribution is 0.0288. The zero-order chi connectivity index (χ0) is 15.0. The summed E-state index contributed by atoms with van der Waals surface area (Å²) in [5, 5.41) is 0. The highest BCUT2D eigenvalue weighted by molar-refractivity contribution is 6.02. The second-order valence-electron chi connectivity index (χ2n) is 5.18. The molecule has 0 spiro atoms. The number of ether oxygens (including phenoxy) is 3. The Kier molecular flexibility index (Phi) is 3.33. The predicted octanol–water partition coefficient (Wildman–Crippen LogP) is 1.51. The molecule has 6 nitrogen and oxygen atoms in total. The number of amides is 1. The second-order valence-corrected chi connectivity index (χ2v) is 5.18. The Bertz CT molecular complexity index is 590. The molecule has 2 heterocycles. The van der Waals surface area contributed by atoms with Gasteiger partial charge in [0.15, 0.2) is 5.72 Å². The van der Waals surface area contributed by atoms with Gasteiger partial charge in [0.05, 0.1) is 27.3 Å². The van der Waals surface area contributed by atoms with Gasteiger partial charge in [0.25, 0.3) is 0 Å². The Morgan fingerprint density at radius 3 is 2.81 bits per heavy atom. The number of allylic oxidation sites excluding steroid dienone is 4. The van der Waals surface area contributed by atoms with Gasteiger partial charge < -0.3 is 14.2 Å². The van der Waals surface area contributed by atoms with Crippen molar-refractivity contribution in [3.63, 3.8) is 0 Å². The van der Waals surface area contributed by atoms with Crippen LogP contribution in [0.1, 0.15) is 0 Å². The number of methoxy groups -OCH3 is 3. The molecule has 2 unspecified atom stereocenters. The fourth-order valence-corrected chi connectivity index (χ4v) is 2.94. The number of nitrogens with zero attached hydrogens (tertiary/aromatic N) is 2. The van der Waals surface area contributed by atoms with Gasteiger partial charge in [-0.25, -0.2) is 9.79 Å². The monoisotopic (exact) mass is 290 g/mol. The van der Waals surface area contributed by atoms with E-state index in [1.165, 1.54) is 7.11 Å². The van der Waals surface area contributed by atoms with Crippen LogP contribution in [0.2, 0.25) is 0 Å². The largest absolute Gasteiger partial charge is 0.497 e. The molecule has 2 aliphatic heterocycles. The van der Waals surface area contributed by atoms with Gasteiger partial charge >= 0.3 is 6.09 Å². The topological polar surface area (TPSA) is 60.4 Å². The van der Waals surface area contributed by atoms with Crippen LogP contribution in [-0.4, -0.2) is 56.8 Å². The molecule has 112 valence electrons. The van der Waals surface area contributed by atoms with Crippen LogP contribution in [0.5, 0.6) is 0 Å². The van der Waals surface area contributed by atoms with E-state index in [1.807, 2.05) is 18.2 Å². The van der Waals surface area contributed by atoms with Crippen LogP contribution < -0.4 is 0 Å². The highest BCUT2D eigenvalue weighted by Crippen LogP contribution is 2.38. The molecule has 0 aromatic heterocycles. The third-order valence-corrected chi connectivity index (χ3v) is 4.07. The van der Waals surface area contributed by atoms with Crippen LogP contribution in [-0.2, 0) is 14.2 Å². The van der Waals surface area contributed by atoms with E-state index in [4.69, 9.17) is 19.2 Å². The van der Waals surface area contributed by atoms with Gasteiger partial charge in [0, 0.05) is 24.3 Å². The number of likely N-dealkylation sites (tertiary alicyclic amines) is 1. The van der Waals surface area contributed by atoms with Crippen LogP contribution in [0, 0.1) is 5.92 Å². The van der Waals surface area contributed by atoms with Crippen molar-refractivity contribution in [3.05, 3.63) is 35.6 Å². The van der Waals surface area contributed by atoms with Gasteiger partial charge in [-0.05, 0) is 18.2 Å². The maximum absolute atomic E-state index is 11.8. The first kappa shape index (κ1) is 13.9. The molecule has 1 amide bonds. The van der Waals surface area contributed by atoms with Crippen molar-refractivity contribution in [2.45, 2.75) is 5.72 Å². The highest BCUT2D eigenvalue weighted by Gasteiger charge is 2.47. The summed E-state index contributed by atoms with van der Waals surface area (Å²) < 4.78 is 15.7. The summed E-state index contributed by atoms with van der Waals surface area (Å²) in [6, 6.07) is 0. The minimum absolute atomic E-state index is 0.0563. The maximum atomic E-state index is 11.8. The fraction of sp³-hybridized carbons (Fsp3) is 0.467. The number of rotatable bonds is 2. The summed E-state index contributed by atoms with van der Waals surface area (Å²) in [6.07, 6.45) is 7.54. The Balaban J connectivity index is 1.95. The molecule has 0 bridgehead atoms. The van der Waals surface area contributed by atoms with E-state index in [0.717, 1.165) is 17.0 Å². The number of carbonyl (C=O) groups is 1. The normalized spacial score (nSPS) is 30.0. The van der Waals surface area contributed by atoms with Crippen molar-refractivity contribution >= 4 is 11.8 Å². The molecule has 3 aliphatic rings. The van der Waals surface area contributed by atoms with E-state index < -0.39 is 5.72 Å². The van der Waals surface area contributed by atoms with Crippen LogP contribution in [0.4, 0.5) is 4.79 Å². The number of dihydropyridines is 1. The molecule has 0 radical (unpaired) electrons. The Labute approximate surface area is 123 Å².